The number of hydrogen-bond acceptors (Lipinski definition) is 3. The summed E-state index contributed by atoms with van der Waals surface area (Å²) in [4.78, 5) is 24.1. The van der Waals surface area contributed by atoms with Crippen molar-refractivity contribution >= 4 is 11.9 Å². The van der Waals surface area contributed by atoms with E-state index in [1.807, 2.05) is 6.92 Å². The predicted molar refractivity (Wildman–Crippen MR) is 114 cm³/mol. The zero-order chi connectivity index (χ0) is 21.6. The van der Waals surface area contributed by atoms with Crippen molar-refractivity contribution < 1.29 is 19.4 Å². The van der Waals surface area contributed by atoms with E-state index in [9.17, 15) is 14.7 Å². The van der Waals surface area contributed by atoms with Gasteiger partial charge < -0.3 is 9.84 Å². The maximum atomic E-state index is 12.7. The summed E-state index contributed by atoms with van der Waals surface area (Å²) in [5, 5.41) is 9.40. The van der Waals surface area contributed by atoms with Crippen molar-refractivity contribution in [3.05, 3.63) is 36.0 Å². The van der Waals surface area contributed by atoms with Gasteiger partial charge in [0.1, 0.15) is 6.10 Å². The summed E-state index contributed by atoms with van der Waals surface area (Å²) in [6, 6.07) is 0. The molecule has 160 valence electrons. The Morgan fingerprint density at radius 3 is 2.55 bits per heavy atom. The molecule has 2 bridgehead atoms. The quantitative estimate of drug-likeness (QED) is 0.353. The first-order valence-corrected chi connectivity index (χ1v) is 11.0. The van der Waals surface area contributed by atoms with Crippen molar-refractivity contribution in [2.45, 2.75) is 78.7 Å². The van der Waals surface area contributed by atoms with Crippen molar-refractivity contribution in [1.82, 2.24) is 0 Å². The minimum atomic E-state index is -0.748. The van der Waals surface area contributed by atoms with E-state index < -0.39 is 5.97 Å². The fourth-order valence-corrected chi connectivity index (χ4v) is 7.02. The van der Waals surface area contributed by atoms with E-state index in [2.05, 4.69) is 27.0 Å². The third-order valence-corrected chi connectivity index (χ3v) is 8.42. The Labute approximate surface area is 175 Å². The lowest BCUT2D eigenvalue weighted by Crippen LogP contribution is -2.57. The third kappa shape index (κ3) is 3.49. The van der Waals surface area contributed by atoms with Crippen LogP contribution >= 0.6 is 0 Å². The lowest BCUT2D eigenvalue weighted by atomic mass is 9.45. The van der Waals surface area contributed by atoms with Crippen LogP contribution in [0, 0.1) is 28.6 Å². The van der Waals surface area contributed by atoms with Crippen molar-refractivity contribution in [2.24, 2.45) is 28.6 Å². The first kappa shape index (κ1) is 21.9. The van der Waals surface area contributed by atoms with E-state index in [1.54, 1.807) is 13.0 Å². The minimum absolute atomic E-state index is 0.122. The summed E-state index contributed by atoms with van der Waals surface area (Å²) >= 11 is 0. The van der Waals surface area contributed by atoms with Gasteiger partial charge in [-0.15, -0.1) is 0 Å². The first-order valence-electron chi connectivity index (χ1n) is 11.0. The second-order valence-electron chi connectivity index (χ2n) is 9.94. The SMILES string of the molecule is C=C(C)[C@H]1CC[C@]23CC(=C)[C@H](CC[C@H]2[C@]1(C)CCC(=O)O)C3OC(=O)/C(C)=C\C. The number of esters is 1. The Hall–Kier alpha value is -1.84. The summed E-state index contributed by atoms with van der Waals surface area (Å²) in [5.41, 5.74) is 2.71. The number of allylic oxidation sites excluding steroid dienone is 2. The molecule has 3 aliphatic carbocycles. The number of rotatable bonds is 6. The lowest BCUT2D eigenvalue weighted by molar-refractivity contribution is -0.179. The van der Waals surface area contributed by atoms with Crippen molar-refractivity contribution in [3.63, 3.8) is 0 Å². The Balaban J connectivity index is 2.01. The Morgan fingerprint density at radius 2 is 1.97 bits per heavy atom. The highest BCUT2D eigenvalue weighted by Gasteiger charge is 2.66. The lowest BCUT2D eigenvalue weighted by Gasteiger charge is -2.60. The van der Waals surface area contributed by atoms with Gasteiger partial charge in [0.05, 0.1) is 0 Å². The van der Waals surface area contributed by atoms with Crippen LogP contribution in [-0.2, 0) is 14.3 Å². The summed E-state index contributed by atoms with van der Waals surface area (Å²) in [5.74, 6) is -0.139. The van der Waals surface area contributed by atoms with Gasteiger partial charge >= 0.3 is 11.9 Å². The minimum Gasteiger partial charge on any atom is -0.481 e. The second-order valence-corrected chi connectivity index (χ2v) is 9.94. The van der Waals surface area contributed by atoms with Gasteiger partial charge in [0, 0.05) is 23.3 Å². The van der Waals surface area contributed by atoms with Crippen LogP contribution in [0.5, 0.6) is 0 Å². The fourth-order valence-electron chi connectivity index (χ4n) is 7.02. The van der Waals surface area contributed by atoms with Crippen LogP contribution < -0.4 is 0 Å². The molecule has 3 aliphatic rings. The monoisotopic (exact) mass is 400 g/mol. The normalized spacial score (nSPS) is 39.0. The van der Waals surface area contributed by atoms with Gasteiger partial charge in [-0.05, 0) is 76.5 Å². The molecule has 0 saturated heterocycles. The molecule has 3 rings (SSSR count). The standard InChI is InChI=1S/C25H36O4/c1-7-16(4)23(28)29-22-18-8-9-20-24(6,12-11-21(26)27)19(15(2)3)10-13-25(20,22)14-17(18)5/h7,18-20,22H,2,5,8-14H2,1,3-4,6H3,(H,26,27)/b16-7-/t18-,19+,20-,22?,24+,25-/m0/s1. The van der Waals surface area contributed by atoms with Crippen LogP contribution in [0.1, 0.15) is 72.6 Å². The van der Waals surface area contributed by atoms with Gasteiger partial charge in [0.25, 0.3) is 0 Å². The molecular formula is C25H36O4. The van der Waals surface area contributed by atoms with Crippen LogP contribution in [0.25, 0.3) is 0 Å². The molecule has 3 fully saturated rings. The topological polar surface area (TPSA) is 63.6 Å². The second kappa shape index (κ2) is 7.77. The van der Waals surface area contributed by atoms with Crippen LogP contribution in [-0.4, -0.2) is 23.1 Å². The maximum Gasteiger partial charge on any atom is 0.333 e. The molecule has 29 heavy (non-hydrogen) atoms. The molecule has 3 saturated carbocycles. The molecule has 4 nitrogen and oxygen atoms in total. The molecule has 0 aliphatic heterocycles. The van der Waals surface area contributed by atoms with E-state index >= 15 is 0 Å². The number of carbonyl (C=O) groups excluding carboxylic acids is 1. The average Bonchev–Trinajstić information content (AvgIpc) is 2.80. The van der Waals surface area contributed by atoms with Gasteiger partial charge in [-0.2, -0.15) is 0 Å². The zero-order valence-corrected chi connectivity index (χ0v) is 18.4. The van der Waals surface area contributed by atoms with E-state index in [-0.39, 0.29) is 35.2 Å². The molecular weight excluding hydrogens is 364 g/mol. The zero-order valence-electron chi connectivity index (χ0n) is 18.4. The molecule has 0 aromatic carbocycles. The molecule has 0 amide bonds. The molecule has 0 aromatic rings. The number of fused-ring (bicyclic) bond motifs is 1. The highest BCUT2D eigenvalue weighted by Crippen LogP contribution is 2.69. The number of ether oxygens (including phenoxy) is 1. The number of carbonyl (C=O) groups is 2. The first-order chi connectivity index (χ1) is 13.6. The molecule has 0 radical (unpaired) electrons. The number of carboxylic acid groups (broad SMARTS) is 1. The smallest absolute Gasteiger partial charge is 0.333 e. The van der Waals surface area contributed by atoms with Crippen LogP contribution in [0.4, 0.5) is 0 Å². The van der Waals surface area contributed by atoms with Gasteiger partial charge in [0.15, 0.2) is 0 Å². The van der Waals surface area contributed by atoms with Crippen LogP contribution in [0.3, 0.4) is 0 Å². The van der Waals surface area contributed by atoms with E-state index in [0.29, 0.717) is 23.8 Å². The van der Waals surface area contributed by atoms with Crippen molar-refractivity contribution in [1.29, 1.82) is 0 Å². The number of hydrogen-bond donors (Lipinski definition) is 1. The van der Waals surface area contributed by atoms with E-state index in [0.717, 1.165) is 37.7 Å². The van der Waals surface area contributed by atoms with Crippen LogP contribution in [0.15, 0.2) is 36.0 Å². The average molecular weight is 401 g/mol. The molecule has 1 spiro atoms. The predicted octanol–water partition coefficient (Wildman–Crippen LogP) is 5.69. The van der Waals surface area contributed by atoms with Crippen molar-refractivity contribution in [2.75, 3.05) is 0 Å². The molecule has 1 unspecified atom stereocenters. The highest BCUT2D eigenvalue weighted by molar-refractivity contribution is 5.87. The third-order valence-electron chi connectivity index (χ3n) is 8.42. The molecule has 0 heterocycles. The summed E-state index contributed by atoms with van der Waals surface area (Å²) in [6.45, 7) is 16.6. The summed E-state index contributed by atoms with van der Waals surface area (Å²) < 4.78 is 6.17. The Bertz CT molecular complexity index is 763. The highest BCUT2D eigenvalue weighted by atomic mass is 16.5. The van der Waals surface area contributed by atoms with E-state index in [4.69, 9.17) is 4.74 Å². The Morgan fingerprint density at radius 1 is 1.28 bits per heavy atom. The van der Waals surface area contributed by atoms with Gasteiger partial charge in [-0.3, -0.25) is 4.79 Å². The fraction of sp³-hybridized carbons (Fsp3) is 0.680. The molecule has 1 N–H and O–H groups in total. The largest absolute Gasteiger partial charge is 0.481 e. The summed E-state index contributed by atoms with van der Waals surface area (Å²) in [7, 11) is 0. The number of aliphatic carboxylic acids is 1. The van der Waals surface area contributed by atoms with E-state index in [1.165, 1.54) is 5.57 Å². The van der Waals surface area contributed by atoms with Gasteiger partial charge in [-0.25, -0.2) is 4.79 Å². The van der Waals surface area contributed by atoms with Gasteiger partial charge in [0.2, 0.25) is 0 Å². The maximum absolute atomic E-state index is 12.7. The van der Waals surface area contributed by atoms with Crippen molar-refractivity contribution in [3.8, 4) is 0 Å². The summed E-state index contributed by atoms with van der Waals surface area (Å²) in [6.07, 6.45) is 7.30. The molecule has 6 atom stereocenters. The molecule has 4 heteroatoms. The van der Waals surface area contributed by atoms with Crippen LogP contribution in [0.2, 0.25) is 0 Å². The Kier molecular flexibility index (Phi) is 5.86. The molecule has 0 aromatic heterocycles. The number of carboxylic acids is 1. The van der Waals surface area contributed by atoms with Gasteiger partial charge in [-0.1, -0.05) is 37.3 Å².